The zero-order valence-electron chi connectivity index (χ0n) is 13.2. The zero-order chi connectivity index (χ0) is 18.0. The monoisotopic (exact) mass is 349 g/mol. The van der Waals surface area contributed by atoms with Crippen LogP contribution in [-0.4, -0.2) is 39.2 Å². The first-order valence-electron chi connectivity index (χ1n) is 7.92. The van der Waals surface area contributed by atoms with Crippen LogP contribution in [0.3, 0.4) is 0 Å². The summed E-state index contributed by atoms with van der Waals surface area (Å²) in [6.07, 6.45) is -0.600. The van der Waals surface area contributed by atoms with Crippen molar-refractivity contribution in [3.63, 3.8) is 0 Å². The minimum absolute atomic E-state index is 0.154. The molecule has 0 radical (unpaired) electrons. The first-order chi connectivity index (χ1) is 12.0. The molecule has 0 spiro atoms. The van der Waals surface area contributed by atoms with E-state index in [-0.39, 0.29) is 11.5 Å². The summed E-state index contributed by atoms with van der Waals surface area (Å²) in [4.78, 5) is 23.6. The first-order valence-corrected chi connectivity index (χ1v) is 7.92. The third-order valence-electron chi connectivity index (χ3n) is 4.03. The Labute approximate surface area is 142 Å². The van der Waals surface area contributed by atoms with E-state index in [4.69, 9.17) is 5.11 Å². The lowest BCUT2D eigenvalue weighted by atomic mass is 10.1. The van der Waals surface area contributed by atoms with Crippen LogP contribution in [0.1, 0.15) is 41.2 Å². The molecule has 1 atom stereocenters. The summed E-state index contributed by atoms with van der Waals surface area (Å²) in [7, 11) is 0. The van der Waals surface area contributed by atoms with Gasteiger partial charge in [-0.1, -0.05) is 18.2 Å². The second-order valence-corrected chi connectivity index (χ2v) is 5.96. The molecule has 2 N–H and O–H groups in total. The number of alkyl halides is 2. The molecule has 2 aromatic rings. The van der Waals surface area contributed by atoms with E-state index >= 15 is 0 Å². The van der Waals surface area contributed by atoms with Crippen LogP contribution in [0, 0.1) is 0 Å². The fourth-order valence-corrected chi connectivity index (χ4v) is 2.69. The maximum atomic E-state index is 12.5. The molecule has 25 heavy (non-hydrogen) atoms. The summed E-state index contributed by atoms with van der Waals surface area (Å²) in [5.41, 5.74) is 1.70. The lowest BCUT2D eigenvalue weighted by Gasteiger charge is -2.14. The Hall–Kier alpha value is -2.77. The van der Waals surface area contributed by atoms with Crippen molar-refractivity contribution >= 4 is 11.9 Å². The normalized spacial score (nSPS) is 15.2. The van der Waals surface area contributed by atoms with Crippen LogP contribution in [-0.2, 0) is 4.79 Å². The van der Waals surface area contributed by atoms with Crippen molar-refractivity contribution in [1.29, 1.82) is 0 Å². The number of aromatic nitrogens is 2. The Morgan fingerprint density at radius 2 is 1.96 bits per heavy atom. The van der Waals surface area contributed by atoms with Crippen molar-refractivity contribution in [2.45, 2.75) is 37.6 Å². The first kappa shape index (κ1) is 17.1. The highest BCUT2D eigenvalue weighted by Gasteiger charge is 2.34. The molecular formula is C17H17F2N3O3. The molecule has 6 nitrogen and oxygen atoms in total. The van der Waals surface area contributed by atoms with Gasteiger partial charge < -0.3 is 10.4 Å². The van der Waals surface area contributed by atoms with Crippen LogP contribution in [0.4, 0.5) is 8.78 Å². The number of amides is 1. The number of nitrogens with zero attached hydrogens (tertiary/aromatic N) is 2. The van der Waals surface area contributed by atoms with Crippen LogP contribution in [0.2, 0.25) is 0 Å². The van der Waals surface area contributed by atoms with E-state index in [1.54, 1.807) is 4.68 Å². The maximum absolute atomic E-state index is 12.5. The van der Waals surface area contributed by atoms with Crippen LogP contribution in [0.5, 0.6) is 0 Å². The molecule has 1 aromatic carbocycles. The molecule has 132 valence electrons. The number of carbonyl (C=O) groups excluding carboxylic acids is 1. The van der Waals surface area contributed by atoms with E-state index < -0.39 is 30.8 Å². The minimum atomic E-state index is -2.82. The molecule has 1 fully saturated rings. The lowest BCUT2D eigenvalue weighted by molar-refractivity contribution is -0.140. The number of halogens is 2. The lowest BCUT2D eigenvalue weighted by Crippen LogP contribution is -2.42. The Bertz CT molecular complexity index is 773. The van der Waals surface area contributed by atoms with E-state index in [1.807, 2.05) is 30.3 Å². The Morgan fingerprint density at radius 1 is 1.28 bits per heavy atom. The summed E-state index contributed by atoms with van der Waals surface area (Å²) < 4.78 is 26.7. The number of rotatable bonds is 7. The third-order valence-corrected chi connectivity index (χ3v) is 4.03. The van der Waals surface area contributed by atoms with E-state index in [1.165, 1.54) is 6.20 Å². The molecular weight excluding hydrogens is 332 g/mol. The average Bonchev–Trinajstić information content (AvgIpc) is 3.32. The highest BCUT2D eigenvalue weighted by atomic mass is 19.3. The van der Waals surface area contributed by atoms with Crippen molar-refractivity contribution in [3.8, 4) is 5.69 Å². The second-order valence-electron chi connectivity index (χ2n) is 5.96. The van der Waals surface area contributed by atoms with Crippen molar-refractivity contribution in [3.05, 3.63) is 47.8 Å². The molecule has 1 aliphatic carbocycles. The number of hydrogen-bond donors (Lipinski definition) is 2. The summed E-state index contributed by atoms with van der Waals surface area (Å²) in [5.74, 6) is -2.03. The molecule has 1 amide bonds. The summed E-state index contributed by atoms with van der Waals surface area (Å²) in [6.45, 7) is 0. The highest BCUT2D eigenvalue weighted by Crippen LogP contribution is 2.42. The van der Waals surface area contributed by atoms with Crippen molar-refractivity contribution in [1.82, 2.24) is 15.1 Å². The van der Waals surface area contributed by atoms with Gasteiger partial charge in [0.25, 0.3) is 5.91 Å². The van der Waals surface area contributed by atoms with E-state index in [2.05, 4.69) is 10.4 Å². The maximum Gasteiger partial charge on any atom is 0.326 e. The van der Waals surface area contributed by atoms with Gasteiger partial charge in [0.2, 0.25) is 6.43 Å². The SMILES string of the molecule is O=C(NC(CC(F)F)C(=O)O)c1cnn(-c2ccccc2)c1C1CC1. The Balaban J connectivity index is 1.88. The van der Waals surface area contributed by atoms with Gasteiger partial charge in [0.1, 0.15) is 6.04 Å². The van der Waals surface area contributed by atoms with Crippen molar-refractivity contribution in [2.24, 2.45) is 0 Å². The number of hydrogen-bond acceptors (Lipinski definition) is 3. The molecule has 1 heterocycles. The van der Waals surface area contributed by atoms with Gasteiger partial charge in [0.15, 0.2) is 0 Å². The van der Waals surface area contributed by atoms with Gasteiger partial charge in [-0.05, 0) is 25.0 Å². The van der Waals surface area contributed by atoms with Crippen molar-refractivity contribution in [2.75, 3.05) is 0 Å². The smallest absolute Gasteiger partial charge is 0.326 e. The van der Waals surface area contributed by atoms with E-state index in [0.29, 0.717) is 5.69 Å². The van der Waals surface area contributed by atoms with Gasteiger partial charge in [0, 0.05) is 12.3 Å². The fourth-order valence-electron chi connectivity index (χ4n) is 2.69. The molecule has 0 saturated heterocycles. The number of benzene rings is 1. The standard InChI is InChI=1S/C17H17F2N3O3/c18-14(19)8-13(17(24)25)21-16(23)12-9-20-22(15(12)10-6-7-10)11-4-2-1-3-5-11/h1-5,9-10,13-14H,6-8H2,(H,21,23)(H,24,25). The molecule has 1 aliphatic rings. The van der Waals surface area contributed by atoms with E-state index in [9.17, 15) is 18.4 Å². The number of carboxylic acids is 1. The minimum Gasteiger partial charge on any atom is -0.480 e. The molecule has 8 heteroatoms. The van der Waals surface area contributed by atoms with Gasteiger partial charge in [0.05, 0.1) is 23.1 Å². The number of carbonyl (C=O) groups is 2. The van der Waals surface area contributed by atoms with Crippen molar-refractivity contribution < 1.29 is 23.5 Å². The average molecular weight is 349 g/mol. The number of nitrogens with one attached hydrogen (secondary N) is 1. The van der Waals surface area contributed by atoms with Crippen LogP contribution in [0.25, 0.3) is 5.69 Å². The van der Waals surface area contributed by atoms with Crippen LogP contribution >= 0.6 is 0 Å². The second kappa shape index (κ2) is 7.00. The fraction of sp³-hybridized carbons (Fsp3) is 0.353. The predicted molar refractivity (Wildman–Crippen MR) is 85.1 cm³/mol. The number of carboxylic acid groups (broad SMARTS) is 1. The summed E-state index contributed by atoms with van der Waals surface area (Å²) in [5, 5.41) is 15.4. The highest BCUT2D eigenvalue weighted by molar-refractivity contribution is 5.97. The Morgan fingerprint density at radius 3 is 2.52 bits per heavy atom. The zero-order valence-corrected chi connectivity index (χ0v) is 13.2. The van der Waals surface area contributed by atoms with Gasteiger partial charge >= 0.3 is 5.97 Å². The van der Waals surface area contributed by atoms with Crippen LogP contribution < -0.4 is 5.32 Å². The summed E-state index contributed by atoms with van der Waals surface area (Å²) in [6, 6.07) is 7.60. The predicted octanol–water partition coefficient (Wildman–Crippen LogP) is 2.59. The summed E-state index contributed by atoms with van der Waals surface area (Å²) >= 11 is 0. The number of aliphatic carboxylic acids is 1. The van der Waals surface area contributed by atoms with E-state index in [0.717, 1.165) is 18.5 Å². The molecule has 1 saturated carbocycles. The number of para-hydroxylation sites is 1. The van der Waals surface area contributed by atoms with Gasteiger partial charge in [-0.3, -0.25) is 4.79 Å². The van der Waals surface area contributed by atoms with Gasteiger partial charge in [-0.25, -0.2) is 18.3 Å². The quantitative estimate of drug-likeness (QED) is 0.805. The molecule has 3 rings (SSSR count). The third kappa shape index (κ3) is 3.84. The largest absolute Gasteiger partial charge is 0.480 e. The molecule has 0 bridgehead atoms. The van der Waals surface area contributed by atoms with Gasteiger partial charge in [-0.15, -0.1) is 0 Å². The molecule has 0 aliphatic heterocycles. The van der Waals surface area contributed by atoms with Gasteiger partial charge in [-0.2, -0.15) is 5.10 Å². The Kier molecular flexibility index (Phi) is 4.78. The topological polar surface area (TPSA) is 84.2 Å². The van der Waals surface area contributed by atoms with Crippen LogP contribution in [0.15, 0.2) is 36.5 Å². The molecule has 1 aromatic heterocycles. The molecule has 1 unspecified atom stereocenters.